The Kier molecular flexibility index (Phi) is 25.6. The molecule has 87 heavy (non-hydrogen) atoms. The first-order valence-corrected chi connectivity index (χ1v) is 27.6. The van der Waals surface area contributed by atoms with E-state index < -0.39 is 279 Å². The summed E-state index contributed by atoms with van der Waals surface area (Å²) in [6.45, 7) is -3.88. The van der Waals surface area contributed by atoms with Crippen LogP contribution in [0.4, 0.5) is 0 Å². The Morgan fingerprint density at radius 1 is 0.299 bits per heavy atom. The smallest absolute Gasteiger partial charge is 0.217 e. The van der Waals surface area contributed by atoms with Gasteiger partial charge in [-0.25, -0.2) is 0 Å². The minimum absolute atomic E-state index is 0.750. The third-order valence-corrected chi connectivity index (χ3v) is 15.7. The van der Waals surface area contributed by atoms with Gasteiger partial charge in [-0.2, -0.15) is 0 Å². The predicted octanol–water partition coefficient (Wildman–Crippen LogP) is -15.8. The molecule has 0 aromatic rings. The number of carbonyl (C=O) groups is 3. The predicted molar refractivity (Wildman–Crippen MR) is 267 cm³/mol. The number of aliphatic hydroxyl groups excluding tert-OH is 20. The highest BCUT2D eigenvalue weighted by Gasteiger charge is 2.59. The van der Waals surface area contributed by atoms with Crippen molar-refractivity contribution in [2.45, 2.75) is 236 Å². The molecule has 39 heteroatoms. The van der Waals surface area contributed by atoms with Gasteiger partial charge in [-0.15, -0.1) is 0 Å². The molecule has 0 aromatic heterocycles. The van der Waals surface area contributed by atoms with E-state index in [2.05, 4.69) is 16.0 Å². The summed E-state index contributed by atoms with van der Waals surface area (Å²) in [5, 5.41) is 224. The summed E-state index contributed by atoms with van der Waals surface area (Å²) in [4.78, 5) is 37.6. The molecule has 7 heterocycles. The van der Waals surface area contributed by atoms with Crippen LogP contribution in [-0.2, 0) is 76.0 Å². The van der Waals surface area contributed by atoms with Crippen molar-refractivity contribution < 1.29 is 178 Å². The van der Waals surface area contributed by atoms with Crippen LogP contribution >= 0.6 is 0 Å². The van der Waals surface area contributed by atoms with Crippen LogP contribution in [0.25, 0.3) is 0 Å². The van der Waals surface area contributed by atoms with E-state index in [1.54, 1.807) is 0 Å². The van der Waals surface area contributed by atoms with Crippen molar-refractivity contribution >= 4 is 17.7 Å². The maximum Gasteiger partial charge on any atom is 0.217 e. The third kappa shape index (κ3) is 15.8. The maximum atomic E-state index is 12.9. The molecule has 1 unspecified atom stereocenters. The minimum atomic E-state index is -2.29. The molecular formula is C48H81N3O36. The summed E-state index contributed by atoms with van der Waals surface area (Å²) in [7, 11) is 0. The average molecular weight is 1280 g/mol. The molecule has 0 saturated carbocycles. The Bertz CT molecular complexity index is 2190. The van der Waals surface area contributed by atoms with Gasteiger partial charge in [0.05, 0.1) is 46.2 Å². The molecule has 504 valence electrons. The van der Waals surface area contributed by atoms with Crippen LogP contribution in [0, 0.1) is 0 Å². The largest absolute Gasteiger partial charge is 0.394 e. The van der Waals surface area contributed by atoms with Gasteiger partial charge in [-0.1, -0.05) is 0 Å². The van der Waals surface area contributed by atoms with Gasteiger partial charge < -0.3 is 180 Å². The molecule has 7 aliphatic rings. The number of aliphatic hydroxyl groups is 20. The highest BCUT2D eigenvalue weighted by Crippen LogP contribution is 2.38. The van der Waals surface area contributed by atoms with E-state index in [0.717, 1.165) is 20.8 Å². The van der Waals surface area contributed by atoms with E-state index in [4.69, 9.17) is 61.6 Å². The van der Waals surface area contributed by atoms with Crippen molar-refractivity contribution in [3.63, 3.8) is 0 Å². The summed E-state index contributed by atoms with van der Waals surface area (Å²) in [5.74, 6) is -2.53. The number of amides is 3. The lowest BCUT2D eigenvalue weighted by Crippen LogP contribution is -2.71. The molecule has 7 aliphatic heterocycles. The fourth-order valence-corrected chi connectivity index (χ4v) is 11.1. The molecule has 39 nitrogen and oxygen atoms in total. The van der Waals surface area contributed by atoms with Crippen LogP contribution in [-0.4, -0.2) is 381 Å². The Hall–Kier alpha value is -2.91. The molecular weight excluding hydrogens is 1190 g/mol. The lowest BCUT2D eigenvalue weighted by atomic mass is 9.93. The Morgan fingerprint density at radius 2 is 0.609 bits per heavy atom. The van der Waals surface area contributed by atoms with Crippen molar-refractivity contribution in [2.75, 3.05) is 46.2 Å². The zero-order valence-electron chi connectivity index (χ0n) is 46.6. The van der Waals surface area contributed by atoms with Crippen LogP contribution in [0.15, 0.2) is 0 Å². The molecule has 35 atom stereocenters. The first kappa shape index (κ1) is 71.5. The summed E-state index contributed by atoms with van der Waals surface area (Å²) in [6, 6.07) is -5.24. The standard InChI is InChI=1S/C48H81N3O36/c1-11(58)49-21-28(65)24(61)14(4-52)77-43(21)75-10-20-27(64)41(36(73)48(82-20)85-39-17(7-55)76-42(74)33(70)32(39)69)87-45-23(51-13(3)60)30(67)38(19(9-57)81-45)84-47-35(72)40(26(63)16(6-54)79-47)86-44-22(50-12(2)59)29(66)37(18(8-56)80-44)83-46-34(71)31(68)25(62)15(5-53)78-46/h14-48,52-57,61-74H,4-10H2,1-3H3,(H,49,58)(H,50,59)(H,51,60)/t14-,15-,16-,17-,18-,19-,20-,21-,22-,23-,24-,25+,26+,27+,28-,29-,30-,31+,32-,33-,34+,35-,36-,37-,38-,39-,40-,41+,42?,43-,44+,45+,46+,47+,48+/m1/s1. The Morgan fingerprint density at radius 3 is 1.02 bits per heavy atom. The Balaban J connectivity index is 1.13. The van der Waals surface area contributed by atoms with Gasteiger partial charge in [0.15, 0.2) is 44.0 Å². The van der Waals surface area contributed by atoms with E-state index >= 15 is 0 Å². The third-order valence-electron chi connectivity index (χ3n) is 15.7. The van der Waals surface area contributed by atoms with Crippen molar-refractivity contribution in [1.82, 2.24) is 16.0 Å². The number of nitrogens with one attached hydrogen (secondary N) is 3. The minimum Gasteiger partial charge on any atom is -0.394 e. The first-order valence-electron chi connectivity index (χ1n) is 27.6. The fourth-order valence-electron chi connectivity index (χ4n) is 11.1. The van der Waals surface area contributed by atoms with Gasteiger partial charge in [-0.05, 0) is 0 Å². The van der Waals surface area contributed by atoms with Gasteiger partial charge >= 0.3 is 0 Å². The molecule has 7 rings (SSSR count). The van der Waals surface area contributed by atoms with Gasteiger partial charge in [0.1, 0.15) is 171 Å². The zero-order valence-corrected chi connectivity index (χ0v) is 46.6. The number of hydrogen-bond donors (Lipinski definition) is 23. The molecule has 0 aromatic carbocycles. The summed E-state index contributed by atoms with van der Waals surface area (Å²) < 4.78 is 75.0. The van der Waals surface area contributed by atoms with Crippen molar-refractivity contribution in [3.8, 4) is 0 Å². The molecule has 7 saturated heterocycles. The lowest BCUT2D eigenvalue weighted by molar-refractivity contribution is -0.388. The van der Waals surface area contributed by atoms with E-state index in [9.17, 15) is 117 Å². The number of rotatable bonds is 22. The van der Waals surface area contributed by atoms with E-state index in [-0.39, 0.29) is 0 Å². The average Bonchev–Trinajstić information content (AvgIpc) is 1.45. The molecule has 0 spiro atoms. The second kappa shape index (κ2) is 31.1. The molecule has 0 bridgehead atoms. The maximum absolute atomic E-state index is 12.9. The van der Waals surface area contributed by atoms with Crippen LogP contribution < -0.4 is 16.0 Å². The number of carbonyl (C=O) groups excluding carboxylic acids is 3. The number of ether oxygens (including phenoxy) is 13. The van der Waals surface area contributed by atoms with Crippen LogP contribution in [0.3, 0.4) is 0 Å². The van der Waals surface area contributed by atoms with E-state index in [0.29, 0.717) is 0 Å². The Labute approximate surface area is 492 Å². The summed E-state index contributed by atoms with van der Waals surface area (Å²) in [6.07, 6.45) is -62.3. The monoisotopic (exact) mass is 1280 g/mol. The molecule has 0 radical (unpaired) electrons. The first-order chi connectivity index (χ1) is 41.1. The van der Waals surface area contributed by atoms with Gasteiger partial charge in [0.2, 0.25) is 17.7 Å². The van der Waals surface area contributed by atoms with E-state index in [1.165, 1.54) is 0 Å². The topological polar surface area (TPSA) is 612 Å². The molecule has 3 amide bonds. The lowest BCUT2D eigenvalue weighted by Gasteiger charge is -2.51. The van der Waals surface area contributed by atoms with Crippen LogP contribution in [0.1, 0.15) is 20.8 Å². The zero-order chi connectivity index (χ0) is 64.2. The quantitative estimate of drug-likeness (QED) is 0.0479. The number of hydrogen-bond acceptors (Lipinski definition) is 36. The highest BCUT2D eigenvalue weighted by atomic mass is 16.8. The van der Waals surface area contributed by atoms with Gasteiger partial charge in [0.25, 0.3) is 0 Å². The van der Waals surface area contributed by atoms with Crippen molar-refractivity contribution in [2.24, 2.45) is 0 Å². The van der Waals surface area contributed by atoms with Crippen LogP contribution in [0.2, 0.25) is 0 Å². The highest BCUT2D eigenvalue weighted by molar-refractivity contribution is 5.74. The van der Waals surface area contributed by atoms with Gasteiger partial charge in [0, 0.05) is 20.8 Å². The van der Waals surface area contributed by atoms with Crippen molar-refractivity contribution in [1.29, 1.82) is 0 Å². The normalized spacial score (nSPS) is 48.9. The summed E-state index contributed by atoms with van der Waals surface area (Å²) >= 11 is 0. The van der Waals surface area contributed by atoms with Crippen molar-refractivity contribution in [3.05, 3.63) is 0 Å². The molecule has 0 aliphatic carbocycles. The fraction of sp³-hybridized carbons (Fsp3) is 0.938. The second-order valence-corrected chi connectivity index (χ2v) is 21.8. The molecule has 23 N–H and O–H groups in total. The second-order valence-electron chi connectivity index (χ2n) is 21.8. The SMILES string of the molecule is CC(=O)N[C@H]1[C@H](O[C@@H]2[C@@H](O)[C@@H](CO)O[C@@H](O[C@H]3[C@H](O)[C@@H](NC(C)=O)[C@H](O[C@H]4[C@@H](O)[C@@H](CO[C@@H]5O[C@H](CO)[C@@H](O)[C@H](O)[C@H]5NC(C)=O)O[C@@H](O[C@H]5[C@H](O)[C@@H](O)C(O)O[C@@H]5CO)[C@@H]4O)O[C@@H]3CO)[C@@H]2O)O[C@H](CO)[C@@H](O[C@@H]2O[C@H](CO)[C@H](O)[C@H](O)[C@@H]2O)[C@@H]1O. The van der Waals surface area contributed by atoms with Crippen LogP contribution in [0.5, 0.6) is 0 Å². The molecule has 7 fully saturated rings. The van der Waals surface area contributed by atoms with Gasteiger partial charge in [-0.3, -0.25) is 14.4 Å². The summed E-state index contributed by atoms with van der Waals surface area (Å²) in [5.41, 5.74) is 0. The van der Waals surface area contributed by atoms with E-state index in [1.807, 2.05) is 0 Å².